The summed E-state index contributed by atoms with van der Waals surface area (Å²) < 4.78 is 4.88. The Morgan fingerprint density at radius 2 is 1.89 bits per heavy atom. The standard InChI is InChI=1S/C14H18N2O2/c17-14-15-13(7-10-18-14)11-3-5-12(6-4-11)16-8-1-2-9-16/h3-6,13H,1-2,7-10H2,(H,15,17)/t13-/m1/s1. The fourth-order valence-corrected chi connectivity index (χ4v) is 2.67. The number of nitrogens with one attached hydrogen (secondary N) is 1. The summed E-state index contributed by atoms with van der Waals surface area (Å²) in [6.45, 7) is 2.82. The molecule has 1 amide bonds. The van der Waals surface area contributed by atoms with Crippen molar-refractivity contribution in [2.24, 2.45) is 0 Å². The van der Waals surface area contributed by atoms with Gasteiger partial charge in [-0.3, -0.25) is 0 Å². The quantitative estimate of drug-likeness (QED) is 0.871. The van der Waals surface area contributed by atoms with Crippen molar-refractivity contribution in [1.29, 1.82) is 0 Å². The molecule has 0 bridgehead atoms. The van der Waals surface area contributed by atoms with Crippen molar-refractivity contribution in [1.82, 2.24) is 5.32 Å². The van der Waals surface area contributed by atoms with Crippen LogP contribution in [0.4, 0.5) is 10.5 Å². The average Bonchev–Trinajstić information content (AvgIpc) is 2.93. The van der Waals surface area contributed by atoms with Gasteiger partial charge in [-0.2, -0.15) is 0 Å². The summed E-state index contributed by atoms with van der Waals surface area (Å²) in [5.41, 5.74) is 2.45. The number of carbonyl (C=O) groups is 1. The topological polar surface area (TPSA) is 41.6 Å². The fourth-order valence-electron chi connectivity index (χ4n) is 2.67. The number of hydrogen-bond donors (Lipinski definition) is 1. The first-order valence-corrected chi connectivity index (χ1v) is 6.61. The average molecular weight is 246 g/mol. The Balaban J connectivity index is 1.71. The second-order valence-corrected chi connectivity index (χ2v) is 4.91. The summed E-state index contributed by atoms with van der Waals surface area (Å²) >= 11 is 0. The number of alkyl carbamates (subject to hydrolysis) is 1. The molecule has 2 heterocycles. The van der Waals surface area contributed by atoms with Gasteiger partial charge in [0.05, 0.1) is 12.6 Å². The Kier molecular flexibility index (Phi) is 3.09. The Labute approximate surface area is 107 Å². The molecule has 1 N–H and O–H groups in total. The van der Waals surface area contributed by atoms with E-state index in [-0.39, 0.29) is 12.1 Å². The van der Waals surface area contributed by atoms with Crippen LogP contribution < -0.4 is 10.2 Å². The third kappa shape index (κ3) is 2.28. The highest BCUT2D eigenvalue weighted by Gasteiger charge is 2.21. The van der Waals surface area contributed by atoms with E-state index >= 15 is 0 Å². The molecule has 0 unspecified atom stereocenters. The van der Waals surface area contributed by atoms with Crippen LogP contribution in [-0.2, 0) is 4.74 Å². The summed E-state index contributed by atoms with van der Waals surface area (Å²) in [4.78, 5) is 13.6. The molecule has 1 aromatic rings. The maximum absolute atomic E-state index is 11.2. The number of ether oxygens (including phenoxy) is 1. The van der Waals surface area contributed by atoms with Crippen LogP contribution >= 0.6 is 0 Å². The van der Waals surface area contributed by atoms with E-state index in [0.29, 0.717) is 6.61 Å². The van der Waals surface area contributed by atoms with E-state index in [2.05, 4.69) is 34.5 Å². The number of nitrogens with zero attached hydrogens (tertiary/aromatic N) is 1. The number of hydrogen-bond acceptors (Lipinski definition) is 3. The molecule has 18 heavy (non-hydrogen) atoms. The fraction of sp³-hybridized carbons (Fsp3) is 0.500. The number of amides is 1. The molecule has 0 spiro atoms. The van der Waals surface area contributed by atoms with Gasteiger partial charge in [-0.05, 0) is 30.5 Å². The molecule has 0 aliphatic carbocycles. The van der Waals surface area contributed by atoms with Crippen molar-refractivity contribution in [2.45, 2.75) is 25.3 Å². The van der Waals surface area contributed by atoms with E-state index < -0.39 is 0 Å². The zero-order chi connectivity index (χ0) is 12.4. The molecule has 0 radical (unpaired) electrons. The highest BCUT2D eigenvalue weighted by Crippen LogP contribution is 2.25. The van der Waals surface area contributed by atoms with E-state index in [1.807, 2.05) is 0 Å². The second-order valence-electron chi connectivity index (χ2n) is 4.91. The first-order valence-electron chi connectivity index (χ1n) is 6.61. The zero-order valence-corrected chi connectivity index (χ0v) is 10.4. The number of anilines is 1. The lowest BCUT2D eigenvalue weighted by Gasteiger charge is -2.24. The lowest BCUT2D eigenvalue weighted by Crippen LogP contribution is -2.35. The molecule has 1 atom stereocenters. The van der Waals surface area contributed by atoms with E-state index in [4.69, 9.17) is 4.74 Å². The molecule has 3 rings (SSSR count). The Morgan fingerprint density at radius 3 is 2.56 bits per heavy atom. The normalized spacial score (nSPS) is 23.7. The lowest BCUT2D eigenvalue weighted by molar-refractivity contribution is 0.115. The predicted octanol–water partition coefficient (Wildman–Crippen LogP) is 2.46. The van der Waals surface area contributed by atoms with Crippen LogP contribution in [0.1, 0.15) is 30.9 Å². The summed E-state index contributed by atoms with van der Waals surface area (Å²) in [5, 5.41) is 2.85. The van der Waals surface area contributed by atoms with Gasteiger partial charge in [0.15, 0.2) is 0 Å². The lowest BCUT2D eigenvalue weighted by atomic mass is 10.0. The molecule has 2 fully saturated rings. The molecule has 2 aliphatic heterocycles. The zero-order valence-electron chi connectivity index (χ0n) is 10.4. The van der Waals surface area contributed by atoms with E-state index in [9.17, 15) is 4.79 Å². The Morgan fingerprint density at radius 1 is 1.17 bits per heavy atom. The van der Waals surface area contributed by atoms with Crippen molar-refractivity contribution in [3.05, 3.63) is 29.8 Å². The van der Waals surface area contributed by atoms with Crippen LogP contribution in [0.5, 0.6) is 0 Å². The van der Waals surface area contributed by atoms with Gasteiger partial charge in [0, 0.05) is 25.2 Å². The predicted molar refractivity (Wildman–Crippen MR) is 69.7 cm³/mol. The number of carbonyl (C=O) groups excluding carboxylic acids is 1. The van der Waals surface area contributed by atoms with Crippen LogP contribution in [0.25, 0.3) is 0 Å². The minimum absolute atomic E-state index is 0.0962. The molecular weight excluding hydrogens is 228 g/mol. The first-order chi connectivity index (χ1) is 8.83. The van der Waals surface area contributed by atoms with Crippen LogP contribution in [0.2, 0.25) is 0 Å². The van der Waals surface area contributed by atoms with Gasteiger partial charge in [-0.25, -0.2) is 4.79 Å². The van der Waals surface area contributed by atoms with E-state index in [0.717, 1.165) is 25.1 Å². The molecule has 0 saturated carbocycles. The van der Waals surface area contributed by atoms with E-state index in [1.54, 1.807) is 0 Å². The molecule has 2 saturated heterocycles. The van der Waals surface area contributed by atoms with Crippen molar-refractivity contribution in [3.63, 3.8) is 0 Å². The maximum atomic E-state index is 11.2. The smallest absolute Gasteiger partial charge is 0.407 e. The highest BCUT2D eigenvalue weighted by atomic mass is 16.5. The van der Waals surface area contributed by atoms with Crippen LogP contribution in [-0.4, -0.2) is 25.8 Å². The second kappa shape index (κ2) is 4.88. The molecule has 4 nitrogen and oxygen atoms in total. The van der Waals surface area contributed by atoms with Crippen molar-refractivity contribution in [2.75, 3.05) is 24.6 Å². The van der Waals surface area contributed by atoms with Gasteiger partial charge >= 0.3 is 6.09 Å². The molecular formula is C14H18N2O2. The molecule has 96 valence electrons. The minimum atomic E-state index is -0.310. The minimum Gasteiger partial charge on any atom is -0.449 e. The summed E-state index contributed by atoms with van der Waals surface area (Å²) in [5.74, 6) is 0. The van der Waals surface area contributed by atoms with Crippen molar-refractivity contribution in [3.8, 4) is 0 Å². The number of benzene rings is 1. The van der Waals surface area contributed by atoms with Crippen molar-refractivity contribution < 1.29 is 9.53 Å². The third-order valence-corrected chi connectivity index (χ3v) is 3.70. The van der Waals surface area contributed by atoms with Crippen LogP contribution in [0.15, 0.2) is 24.3 Å². The maximum Gasteiger partial charge on any atom is 0.407 e. The van der Waals surface area contributed by atoms with Gasteiger partial charge in [-0.15, -0.1) is 0 Å². The Hall–Kier alpha value is -1.71. The molecule has 1 aromatic carbocycles. The Bertz CT molecular complexity index is 424. The highest BCUT2D eigenvalue weighted by molar-refractivity contribution is 5.68. The van der Waals surface area contributed by atoms with Gasteiger partial charge < -0.3 is 15.0 Å². The summed E-state index contributed by atoms with van der Waals surface area (Å²) in [6.07, 6.45) is 3.11. The third-order valence-electron chi connectivity index (χ3n) is 3.70. The summed E-state index contributed by atoms with van der Waals surface area (Å²) in [7, 11) is 0. The van der Waals surface area contributed by atoms with Gasteiger partial charge in [0.25, 0.3) is 0 Å². The number of cyclic esters (lactones) is 1. The van der Waals surface area contributed by atoms with Gasteiger partial charge in [0.1, 0.15) is 0 Å². The SMILES string of the molecule is O=C1N[C@@H](c2ccc(N3CCCC3)cc2)CCO1. The van der Waals surface area contributed by atoms with Crippen LogP contribution in [0, 0.1) is 0 Å². The molecule has 4 heteroatoms. The molecule has 2 aliphatic rings. The summed E-state index contributed by atoms with van der Waals surface area (Å²) in [6, 6.07) is 8.64. The van der Waals surface area contributed by atoms with Crippen LogP contribution in [0.3, 0.4) is 0 Å². The van der Waals surface area contributed by atoms with Gasteiger partial charge in [-0.1, -0.05) is 12.1 Å². The largest absolute Gasteiger partial charge is 0.449 e. The van der Waals surface area contributed by atoms with Gasteiger partial charge in [0.2, 0.25) is 0 Å². The monoisotopic (exact) mass is 246 g/mol. The number of rotatable bonds is 2. The first kappa shape index (κ1) is 11.4. The molecule has 0 aromatic heterocycles. The van der Waals surface area contributed by atoms with E-state index in [1.165, 1.54) is 18.5 Å². The van der Waals surface area contributed by atoms with Crippen molar-refractivity contribution >= 4 is 11.8 Å².